The van der Waals surface area contributed by atoms with E-state index in [9.17, 15) is 14.3 Å². The number of amides is 1. The molecular formula is C26H32FN3O2S. The first kappa shape index (κ1) is 23.7. The van der Waals surface area contributed by atoms with Gasteiger partial charge in [0.05, 0.1) is 18.3 Å². The molecule has 0 radical (unpaired) electrons. The fraction of sp³-hybridized carbons (Fsp3) is 0.538. The van der Waals surface area contributed by atoms with E-state index in [0.29, 0.717) is 0 Å². The molecule has 2 N–H and O–H groups in total. The van der Waals surface area contributed by atoms with E-state index in [4.69, 9.17) is 11.4 Å². The van der Waals surface area contributed by atoms with Gasteiger partial charge in [-0.3, -0.25) is 4.79 Å². The van der Waals surface area contributed by atoms with Crippen molar-refractivity contribution in [1.29, 1.82) is 0 Å². The van der Waals surface area contributed by atoms with Crippen molar-refractivity contribution >= 4 is 28.1 Å². The number of carbonyl (C=O) groups is 1. The number of thiazole rings is 1. The highest BCUT2D eigenvalue weighted by Crippen LogP contribution is 2.57. The first-order chi connectivity index (χ1) is 15.6. The number of aromatic nitrogens is 1. The number of hydrogen-bond acceptors (Lipinski definition) is 5. The van der Waals surface area contributed by atoms with E-state index in [1.807, 2.05) is 6.92 Å². The molecule has 0 spiro atoms. The fourth-order valence-corrected chi connectivity index (χ4v) is 7.29. The molecule has 1 heterocycles. The molecular weight excluding hydrogens is 437 g/mol. The second-order valence-corrected chi connectivity index (χ2v) is 11.1. The lowest BCUT2D eigenvalue weighted by molar-refractivity contribution is -0.142. The normalized spacial score (nSPS) is 29.4. The summed E-state index contributed by atoms with van der Waals surface area (Å²) in [5, 5.41) is 15.6. The van der Waals surface area contributed by atoms with Gasteiger partial charge in [-0.1, -0.05) is 26.7 Å². The van der Waals surface area contributed by atoms with E-state index in [1.54, 1.807) is 35.4 Å². The average molecular weight is 470 g/mol. The molecule has 1 fully saturated rings. The topological polar surface area (TPSA) is 65.5 Å². The van der Waals surface area contributed by atoms with Crippen LogP contribution in [0.2, 0.25) is 0 Å². The molecule has 0 unspecified atom stereocenters. The first-order valence-electron chi connectivity index (χ1n) is 11.5. The quantitative estimate of drug-likeness (QED) is 0.617. The summed E-state index contributed by atoms with van der Waals surface area (Å²) in [5.41, 5.74) is 1.77. The van der Waals surface area contributed by atoms with E-state index in [0.717, 1.165) is 35.8 Å². The lowest BCUT2D eigenvalue weighted by Crippen LogP contribution is -2.53. The summed E-state index contributed by atoms with van der Waals surface area (Å²) in [7, 11) is 1.72. The largest absolute Gasteiger partial charge is 0.392 e. The predicted octanol–water partition coefficient (Wildman–Crippen LogP) is 4.81. The van der Waals surface area contributed by atoms with Crippen molar-refractivity contribution in [2.24, 2.45) is 23.2 Å². The Bertz CT molecular complexity index is 1060. The minimum Gasteiger partial charge on any atom is -0.392 e. The van der Waals surface area contributed by atoms with Gasteiger partial charge in [-0.25, -0.2) is 9.37 Å². The van der Waals surface area contributed by atoms with E-state index >= 15 is 0 Å². The summed E-state index contributed by atoms with van der Waals surface area (Å²) in [4.78, 5) is 20.6. The molecule has 7 heteroatoms. The number of anilines is 2. The van der Waals surface area contributed by atoms with Crippen molar-refractivity contribution in [2.75, 3.05) is 18.9 Å². The van der Waals surface area contributed by atoms with E-state index in [2.05, 4.69) is 25.1 Å². The van der Waals surface area contributed by atoms with E-state index < -0.39 is 6.10 Å². The average Bonchev–Trinajstić information content (AvgIpc) is 3.16. The molecule has 2 aliphatic rings. The van der Waals surface area contributed by atoms with Crippen LogP contribution in [0.1, 0.15) is 50.1 Å². The van der Waals surface area contributed by atoms with Gasteiger partial charge in [-0.15, -0.1) is 17.8 Å². The number of terminal acetylenes is 1. The van der Waals surface area contributed by atoms with Crippen molar-refractivity contribution < 1.29 is 14.3 Å². The zero-order valence-electron chi connectivity index (χ0n) is 19.6. The van der Waals surface area contributed by atoms with Gasteiger partial charge in [0.25, 0.3) is 0 Å². The standard InChI is InChI=1S/C26H32FN3O2S/c1-6-13-30(5)24(32)15(2)19-11-12-26(4)14-20-22(16(3)21(26)23(19)31)29-25(33-20)28-18-9-7-17(27)8-10-18/h1,7-10,15-16,19,21,23,31H,11-14H2,2-5H3,(H,28,29)/t15-,16-,19+,21+,23-,26-/m0/s1. The Morgan fingerprint density at radius 1 is 1.45 bits per heavy atom. The van der Waals surface area contributed by atoms with Crippen LogP contribution in [-0.2, 0) is 11.2 Å². The lowest BCUT2D eigenvalue weighted by Gasteiger charge is -2.53. The van der Waals surface area contributed by atoms with Gasteiger partial charge in [0.15, 0.2) is 5.13 Å². The number of fused-ring (bicyclic) bond motifs is 2. The summed E-state index contributed by atoms with van der Waals surface area (Å²) in [6, 6.07) is 6.25. The van der Waals surface area contributed by atoms with Crippen LogP contribution in [0.5, 0.6) is 0 Å². The van der Waals surface area contributed by atoms with E-state index in [1.165, 1.54) is 17.0 Å². The van der Waals surface area contributed by atoms with Crippen molar-refractivity contribution in [1.82, 2.24) is 9.88 Å². The predicted molar refractivity (Wildman–Crippen MR) is 130 cm³/mol. The minimum atomic E-state index is -0.583. The second-order valence-electron chi connectivity index (χ2n) is 9.98. The molecule has 0 aliphatic heterocycles. The highest BCUT2D eigenvalue weighted by atomic mass is 32.1. The van der Waals surface area contributed by atoms with Crippen LogP contribution in [0.25, 0.3) is 0 Å². The minimum absolute atomic E-state index is 0.0100. The number of carbonyl (C=O) groups excluding carboxylic acids is 1. The number of aliphatic hydroxyl groups is 1. The molecule has 1 aromatic heterocycles. The molecule has 2 aromatic rings. The molecule has 5 nitrogen and oxygen atoms in total. The molecule has 33 heavy (non-hydrogen) atoms. The Morgan fingerprint density at radius 3 is 2.82 bits per heavy atom. The molecule has 1 aromatic carbocycles. The zero-order valence-corrected chi connectivity index (χ0v) is 20.5. The molecule has 4 rings (SSSR count). The van der Waals surface area contributed by atoms with Crippen molar-refractivity contribution in [3.8, 4) is 12.3 Å². The third-order valence-corrected chi connectivity index (χ3v) is 8.74. The Balaban J connectivity index is 1.56. The van der Waals surface area contributed by atoms with Gasteiger partial charge in [-0.2, -0.15) is 0 Å². The maximum atomic E-state index is 13.2. The maximum Gasteiger partial charge on any atom is 0.226 e. The Labute approximate surface area is 199 Å². The van der Waals surface area contributed by atoms with Crippen LogP contribution in [0.3, 0.4) is 0 Å². The summed E-state index contributed by atoms with van der Waals surface area (Å²) in [5.74, 6) is 1.94. The Kier molecular flexibility index (Phi) is 6.52. The Hall–Kier alpha value is -2.43. The van der Waals surface area contributed by atoms with E-state index in [-0.39, 0.29) is 47.4 Å². The van der Waals surface area contributed by atoms with Crippen LogP contribution < -0.4 is 5.32 Å². The van der Waals surface area contributed by atoms with Crippen molar-refractivity contribution in [3.63, 3.8) is 0 Å². The summed E-state index contributed by atoms with van der Waals surface area (Å²) >= 11 is 1.64. The number of nitrogens with zero attached hydrogens (tertiary/aromatic N) is 2. The van der Waals surface area contributed by atoms with Gasteiger partial charge in [0, 0.05) is 29.4 Å². The number of nitrogens with one attached hydrogen (secondary N) is 1. The molecule has 0 bridgehead atoms. The van der Waals surface area contributed by atoms with Crippen molar-refractivity contribution in [2.45, 2.75) is 52.1 Å². The Morgan fingerprint density at radius 2 is 2.15 bits per heavy atom. The summed E-state index contributed by atoms with van der Waals surface area (Å²) < 4.78 is 13.2. The van der Waals surface area contributed by atoms with Crippen molar-refractivity contribution in [3.05, 3.63) is 40.7 Å². The maximum absolute atomic E-state index is 13.2. The first-order valence-corrected chi connectivity index (χ1v) is 12.3. The van der Waals surface area contributed by atoms with Gasteiger partial charge < -0.3 is 15.3 Å². The number of aliphatic hydroxyl groups excluding tert-OH is 1. The summed E-state index contributed by atoms with van der Waals surface area (Å²) in [6.45, 7) is 6.60. The molecule has 176 valence electrons. The van der Waals surface area contributed by atoms with Crippen LogP contribution >= 0.6 is 11.3 Å². The third-order valence-electron chi connectivity index (χ3n) is 7.75. The summed E-state index contributed by atoms with van der Waals surface area (Å²) in [6.07, 6.45) is 7.43. The van der Waals surface area contributed by atoms with Crippen LogP contribution in [-0.4, -0.2) is 40.6 Å². The molecule has 0 saturated heterocycles. The van der Waals surface area contributed by atoms with Crippen LogP contribution in [0.4, 0.5) is 15.2 Å². The SMILES string of the molecule is C#CCN(C)C(=O)[C@@H](C)[C@H]1CC[C@@]2(C)Cc3sc(Nc4ccc(F)cc4)nc3[C@@H](C)[C@@H]2[C@H]1O. The van der Waals surface area contributed by atoms with Gasteiger partial charge in [-0.05, 0) is 60.8 Å². The highest BCUT2D eigenvalue weighted by Gasteiger charge is 2.54. The lowest BCUT2D eigenvalue weighted by atomic mass is 9.53. The number of hydrogen-bond donors (Lipinski definition) is 2. The number of halogens is 1. The zero-order chi connectivity index (χ0) is 23.9. The highest BCUT2D eigenvalue weighted by molar-refractivity contribution is 7.15. The van der Waals surface area contributed by atoms with Crippen LogP contribution in [0, 0.1) is 41.3 Å². The molecule has 6 atom stereocenters. The monoisotopic (exact) mass is 469 g/mol. The van der Waals surface area contributed by atoms with Gasteiger partial charge in [0.1, 0.15) is 5.82 Å². The number of rotatable bonds is 5. The van der Waals surface area contributed by atoms with Gasteiger partial charge >= 0.3 is 0 Å². The second kappa shape index (κ2) is 9.08. The molecule has 2 aliphatic carbocycles. The smallest absolute Gasteiger partial charge is 0.226 e. The fourth-order valence-electron chi connectivity index (χ4n) is 6.00. The molecule has 1 saturated carbocycles. The number of benzene rings is 1. The van der Waals surface area contributed by atoms with Gasteiger partial charge in [0.2, 0.25) is 5.91 Å². The molecule has 1 amide bonds. The third kappa shape index (κ3) is 4.39. The van der Waals surface area contributed by atoms with Crippen LogP contribution in [0.15, 0.2) is 24.3 Å².